The molecule has 1 fully saturated rings. The topological polar surface area (TPSA) is 110 Å². The van der Waals surface area contributed by atoms with Crippen LogP contribution < -0.4 is 16.4 Å². The zero-order valence-corrected chi connectivity index (χ0v) is 20.9. The van der Waals surface area contributed by atoms with E-state index in [1.165, 1.54) is 11.1 Å². The van der Waals surface area contributed by atoms with Gasteiger partial charge in [0.05, 0.1) is 12.1 Å². The summed E-state index contributed by atoms with van der Waals surface area (Å²) in [6.45, 7) is 5.40. The molecule has 2 aromatic carbocycles. The number of aromatic nitrogens is 3. The van der Waals surface area contributed by atoms with Crippen LogP contribution in [0.15, 0.2) is 48.5 Å². The molecule has 0 bridgehead atoms. The van der Waals surface area contributed by atoms with Crippen LogP contribution in [-0.2, 0) is 17.8 Å². The van der Waals surface area contributed by atoms with Gasteiger partial charge in [0.15, 0.2) is 5.82 Å². The van der Waals surface area contributed by atoms with E-state index >= 15 is 0 Å². The number of nitrogens with two attached hydrogens (primary N) is 1. The summed E-state index contributed by atoms with van der Waals surface area (Å²) in [6, 6.07) is 17.6. The second-order valence-corrected chi connectivity index (χ2v) is 9.63. The molecule has 0 aliphatic carbocycles. The number of aliphatic hydroxyl groups is 1. The van der Waals surface area contributed by atoms with Gasteiger partial charge < -0.3 is 30.8 Å². The van der Waals surface area contributed by atoms with Crippen LogP contribution in [0.5, 0.6) is 0 Å². The third kappa shape index (κ3) is 5.31. The maximum atomic E-state index is 9.60. The number of anilines is 2. The van der Waals surface area contributed by atoms with E-state index in [-0.39, 0.29) is 18.6 Å². The summed E-state index contributed by atoms with van der Waals surface area (Å²) in [5, 5.41) is 17.8. The highest BCUT2D eigenvalue weighted by molar-refractivity contribution is 6.09. The first-order valence-electron chi connectivity index (χ1n) is 13.0. The van der Waals surface area contributed by atoms with Gasteiger partial charge in [-0.25, -0.2) is 4.98 Å². The van der Waals surface area contributed by atoms with Crippen molar-refractivity contribution in [3.63, 3.8) is 0 Å². The van der Waals surface area contributed by atoms with Gasteiger partial charge in [0, 0.05) is 43.8 Å². The summed E-state index contributed by atoms with van der Waals surface area (Å²) in [5.41, 5.74) is 11.5. The molecule has 1 aliphatic heterocycles. The smallest absolute Gasteiger partial charge is 0.222 e. The first-order valence-corrected chi connectivity index (χ1v) is 13.0. The van der Waals surface area contributed by atoms with Crippen molar-refractivity contribution in [1.82, 2.24) is 19.9 Å². The Hall–Kier alpha value is -3.20. The maximum absolute atomic E-state index is 9.60. The molecule has 2 aromatic heterocycles. The van der Waals surface area contributed by atoms with E-state index in [1.807, 2.05) is 6.07 Å². The molecule has 1 saturated heterocycles. The predicted molar refractivity (Wildman–Crippen MR) is 145 cm³/mol. The molecule has 0 radical (unpaired) electrons. The van der Waals surface area contributed by atoms with Crippen molar-refractivity contribution < 1.29 is 9.84 Å². The van der Waals surface area contributed by atoms with Gasteiger partial charge in [-0.1, -0.05) is 55.8 Å². The number of nitrogen functional groups attached to an aromatic ring is 1. The highest BCUT2D eigenvalue weighted by Gasteiger charge is 2.20. The standard InChI is InChI=1S/C28H36N6O2/c1-2-6-21(11-13-35)31-27-26-25(32-28(29)33-27)23-9-3-4-10-24(23)34(26)17-20-8-5-7-19(15-20)16-30-22-12-14-36-18-22/h3-5,7-10,15,21-22,30,35H,2,6,11-14,16-18H2,1H3,(H3,29,31,32,33)/t21-,22-/m0/s1. The van der Waals surface area contributed by atoms with Crippen LogP contribution in [0.25, 0.3) is 21.9 Å². The van der Waals surface area contributed by atoms with Crippen molar-refractivity contribution in [3.8, 4) is 0 Å². The average molecular weight is 489 g/mol. The monoisotopic (exact) mass is 488 g/mol. The van der Waals surface area contributed by atoms with E-state index in [1.54, 1.807) is 0 Å². The fraction of sp³-hybridized carbons (Fsp3) is 0.429. The van der Waals surface area contributed by atoms with Crippen molar-refractivity contribution in [2.45, 2.75) is 57.8 Å². The van der Waals surface area contributed by atoms with Gasteiger partial charge in [-0.3, -0.25) is 0 Å². The van der Waals surface area contributed by atoms with Gasteiger partial charge in [-0.05, 0) is 36.5 Å². The van der Waals surface area contributed by atoms with Crippen molar-refractivity contribution in [3.05, 3.63) is 59.7 Å². The number of benzene rings is 2. The number of hydrogen-bond donors (Lipinski definition) is 4. The van der Waals surface area contributed by atoms with Gasteiger partial charge >= 0.3 is 0 Å². The minimum atomic E-state index is 0.109. The lowest BCUT2D eigenvalue weighted by molar-refractivity contribution is 0.190. The number of ether oxygens (including phenoxy) is 1. The van der Waals surface area contributed by atoms with Crippen LogP contribution in [0, 0.1) is 0 Å². The van der Waals surface area contributed by atoms with Crippen LogP contribution in [0.3, 0.4) is 0 Å². The summed E-state index contributed by atoms with van der Waals surface area (Å²) >= 11 is 0. The Morgan fingerprint density at radius 2 is 2.00 bits per heavy atom. The zero-order valence-electron chi connectivity index (χ0n) is 20.9. The molecule has 8 nitrogen and oxygen atoms in total. The predicted octanol–water partition coefficient (Wildman–Crippen LogP) is 4.06. The van der Waals surface area contributed by atoms with E-state index in [4.69, 9.17) is 10.5 Å². The minimum absolute atomic E-state index is 0.109. The molecular formula is C28H36N6O2. The molecule has 0 unspecified atom stereocenters. The van der Waals surface area contributed by atoms with Crippen molar-refractivity contribution in [1.29, 1.82) is 0 Å². The lowest BCUT2D eigenvalue weighted by atomic mass is 10.1. The van der Waals surface area contributed by atoms with E-state index in [9.17, 15) is 5.11 Å². The number of rotatable bonds is 11. The molecule has 4 aromatic rings. The molecule has 0 amide bonds. The Labute approximate surface area is 211 Å². The van der Waals surface area contributed by atoms with Gasteiger partial charge in [-0.15, -0.1) is 0 Å². The van der Waals surface area contributed by atoms with E-state index in [2.05, 4.69) is 74.6 Å². The Bertz CT molecular complexity index is 1310. The molecule has 190 valence electrons. The summed E-state index contributed by atoms with van der Waals surface area (Å²) < 4.78 is 7.78. The first kappa shape index (κ1) is 24.5. The lowest BCUT2D eigenvalue weighted by Gasteiger charge is -2.19. The minimum Gasteiger partial charge on any atom is -0.396 e. The number of hydrogen-bond acceptors (Lipinski definition) is 7. The van der Waals surface area contributed by atoms with Gasteiger partial charge in [-0.2, -0.15) is 4.98 Å². The van der Waals surface area contributed by atoms with Crippen LogP contribution in [0.2, 0.25) is 0 Å². The van der Waals surface area contributed by atoms with Crippen molar-refractivity contribution in [2.75, 3.05) is 30.9 Å². The molecular weight excluding hydrogens is 452 g/mol. The third-order valence-corrected chi connectivity index (χ3v) is 6.93. The number of fused-ring (bicyclic) bond motifs is 3. The Morgan fingerprint density at radius 3 is 2.81 bits per heavy atom. The molecule has 0 spiro atoms. The van der Waals surface area contributed by atoms with Gasteiger partial charge in [0.1, 0.15) is 11.0 Å². The number of para-hydroxylation sites is 1. The number of nitrogens with zero attached hydrogens (tertiary/aromatic N) is 3. The SMILES string of the molecule is CCC[C@@H](CCO)Nc1nc(N)nc2c3ccccc3n(Cc3cccc(CN[C@H]4CCOC4)c3)c12. The Morgan fingerprint density at radius 1 is 1.14 bits per heavy atom. The van der Waals surface area contributed by atoms with E-state index in [0.29, 0.717) is 19.0 Å². The van der Waals surface area contributed by atoms with Crippen molar-refractivity contribution >= 4 is 33.7 Å². The molecule has 5 N–H and O–H groups in total. The fourth-order valence-electron chi connectivity index (χ4n) is 5.17. The fourth-order valence-corrected chi connectivity index (χ4v) is 5.17. The van der Waals surface area contributed by atoms with Crippen LogP contribution >= 0.6 is 0 Å². The average Bonchev–Trinajstić information content (AvgIpc) is 3.50. The maximum Gasteiger partial charge on any atom is 0.222 e. The third-order valence-electron chi connectivity index (χ3n) is 6.93. The summed E-state index contributed by atoms with van der Waals surface area (Å²) in [6.07, 6.45) is 3.67. The summed E-state index contributed by atoms with van der Waals surface area (Å²) in [4.78, 5) is 9.28. The van der Waals surface area contributed by atoms with Crippen LogP contribution in [-0.4, -0.2) is 51.5 Å². The largest absolute Gasteiger partial charge is 0.396 e. The molecule has 8 heteroatoms. The molecule has 3 heterocycles. The van der Waals surface area contributed by atoms with Crippen LogP contribution in [0.4, 0.5) is 11.8 Å². The highest BCUT2D eigenvalue weighted by atomic mass is 16.5. The summed E-state index contributed by atoms with van der Waals surface area (Å²) in [5.74, 6) is 0.968. The van der Waals surface area contributed by atoms with Crippen LogP contribution in [0.1, 0.15) is 43.7 Å². The van der Waals surface area contributed by atoms with E-state index < -0.39 is 0 Å². The summed E-state index contributed by atoms with van der Waals surface area (Å²) in [7, 11) is 0. The first-order chi connectivity index (χ1) is 17.7. The van der Waals surface area contributed by atoms with E-state index in [0.717, 1.165) is 66.8 Å². The molecule has 1 aliphatic rings. The lowest BCUT2D eigenvalue weighted by Crippen LogP contribution is -2.28. The zero-order chi connectivity index (χ0) is 24.9. The number of aliphatic hydroxyl groups excluding tert-OH is 1. The second-order valence-electron chi connectivity index (χ2n) is 9.63. The normalized spacial score (nSPS) is 16.7. The van der Waals surface area contributed by atoms with Gasteiger partial charge in [0.25, 0.3) is 0 Å². The van der Waals surface area contributed by atoms with Gasteiger partial charge in [0.2, 0.25) is 5.95 Å². The molecule has 5 rings (SSSR count). The Kier molecular flexibility index (Phi) is 7.65. The highest BCUT2D eigenvalue weighted by Crippen LogP contribution is 2.33. The quantitative estimate of drug-likeness (QED) is 0.252. The Balaban J connectivity index is 1.52. The molecule has 0 saturated carbocycles. The number of nitrogens with one attached hydrogen (secondary N) is 2. The molecule has 2 atom stereocenters. The molecule has 36 heavy (non-hydrogen) atoms. The second kappa shape index (κ2) is 11.2. The van der Waals surface area contributed by atoms with Crippen molar-refractivity contribution in [2.24, 2.45) is 0 Å².